The first-order valence-electron chi connectivity index (χ1n) is 11.3. The predicted octanol–water partition coefficient (Wildman–Crippen LogP) is 3.99. The Balaban J connectivity index is 0.000000449. The molecule has 0 saturated carbocycles. The SMILES string of the molecule is COc1cc(S(=O)(=O)Nc2ccccc2-c2ccccc2C(N)=O)cc(OC)c1OC.O=C(O)c1ccc[nH]1. The van der Waals surface area contributed by atoms with Gasteiger partial charge in [-0.3, -0.25) is 9.52 Å². The average molecular weight is 554 g/mol. The Morgan fingerprint density at radius 3 is 1.92 bits per heavy atom. The largest absolute Gasteiger partial charge is 0.493 e. The van der Waals surface area contributed by atoms with Crippen molar-refractivity contribution in [3.63, 3.8) is 0 Å². The van der Waals surface area contributed by atoms with Crippen molar-refractivity contribution < 1.29 is 37.3 Å². The number of hydrogen-bond donors (Lipinski definition) is 4. The molecule has 1 amide bonds. The van der Waals surface area contributed by atoms with Crippen LogP contribution in [0.1, 0.15) is 20.8 Å². The predicted molar refractivity (Wildman–Crippen MR) is 145 cm³/mol. The number of aromatic nitrogens is 1. The number of carbonyl (C=O) groups is 2. The Kier molecular flexibility index (Phi) is 9.18. The molecular formula is C27H27N3O8S. The second-order valence-electron chi connectivity index (χ2n) is 7.81. The maximum Gasteiger partial charge on any atom is 0.352 e. The van der Waals surface area contributed by atoms with Crippen LogP contribution in [0.5, 0.6) is 17.2 Å². The number of methoxy groups -OCH3 is 3. The van der Waals surface area contributed by atoms with Gasteiger partial charge in [0.05, 0.1) is 31.9 Å². The number of carboxylic acid groups (broad SMARTS) is 1. The molecule has 0 radical (unpaired) electrons. The maximum absolute atomic E-state index is 13.2. The number of nitrogens with one attached hydrogen (secondary N) is 2. The van der Waals surface area contributed by atoms with E-state index in [1.165, 1.54) is 39.5 Å². The molecule has 0 aliphatic heterocycles. The highest BCUT2D eigenvalue weighted by molar-refractivity contribution is 7.92. The van der Waals surface area contributed by atoms with Crippen molar-refractivity contribution in [3.05, 3.63) is 90.3 Å². The molecule has 11 nitrogen and oxygen atoms in total. The van der Waals surface area contributed by atoms with E-state index in [1.807, 2.05) is 0 Å². The molecular weight excluding hydrogens is 526 g/mol. The van der Waals surface area contributed by atoms with Crippen LogP contribution < -0.4 is 24.7 Å². The Bertz CT molecular complexity index is 1540. The van der Waals surface area contributed by atoms with E-state index in [4.69, 9.17) is 25.1 Å². The highest BCUT2D eigenvalue weighted by Crippen LogP contribution is 2.40. The van der Waals surface area contributed by atoms with Crippen LogP contribution in [0, 0.1) is 0 Å². The third kappa shape index (κ3) is 6.67. The zero-order valence-corrected chi connectivity index (χ0v) is 22.1. The summed E-state index contributed by atoms with van der Waals surface area (Å²) in [6.07, 6.45) is 1.57. The second kappa shape index (κ2) is 12.5. The summed E-state index contributed by atoms with van der Waals surface area (Å²) in [7, 11) is 0.181. The standard InChI is InChI=1S/C22H22N2O6S.C5H5NO2/c1-28-19-12-14(13-20(29-2)21(19)30-3)31(26,27)24-18-11-7-6-9-16(18)15-8-4-5-10-17(15)22(23)25;7-5(8)4-2-1-3-6-4/h4-13,24H,1-3H3,(H2,23,25);1-3,6H,(H,7,8). The van der Waals surface area contributed by atoms with Gasteiger partial charge in [-0.05, 0) is 29.8 Å². The van der Waals surface area contributed by atoms with Crippen LogP contribution in [0.4, 0.5) is 5.69 Å². The van der Waals surface area contributed by atoms with Gasteiger partial charge in [-0.2, -0.15) is 0 Å². The summed E-state index contributed by atoms with van der Waals surface area (Å²) in [6.45, 7) is 0. The number of aromatic carboxylic acids is 1. The second-order valence-corrected chi connectivity index (χ2v) is 9.49. The van der Waals surface area contributed by atoms with Crippen molar-refractivity contribution in [2.75, 3.05) is 26.1 Å². The zero-order valence-electron chi connectivity index (χ0n) is 21.3. The van der Waals surface area contributed by atoms with E-state index in [-0.39, 0.29) is 39.1 Å². The molecule has 4 rings (SSSR count). The van der Waals surface area contributed by atoms with Crippen molar-refractivity contribution in [2.45, 2.75) is 4.90 Å². The number of benzene rings is 3. The Morgan fingerprint density at radius 2 is 1.44 bits per heavy atom. The summed E-state index contributed by atoms with van der Waals surface area (Å²) in [5.41, 5.74) is 7.30. The molecule has 1 aromatic heterocycles. The van der Waals surface area contributed by atoms with Crippen LogP contribution >= 0.6 is 0 Å². The highest BCUT2D eigenvalue weighted by atomic mass is 32.2. The number of ether oxygens (including phenoxy) is 3. The lowest BCUT2D eigenvalue weighted by Crippen LogP contribution is -2.15. The van der Waals surface area contributed by atoms with Gasteiger partial charge < -0.3 is 30.0 Å². The molecule has 3 aromatic carbocycles. The van der Waals surface area contributed by atoms with Crippen LogP contribution in [0.15, 0.2) is 83.9 Å². The molecule has 0 aliphatic rings. The first-order valence-corrected chi connectivity index (χ1v) is 12.8. The van der Waals surface area contributed by atoms with Crippen molar-refractivity contribution >= 4 is 27.6 Å². The summed E-state index contributed by atoms with van der Waals surface area (Å²) in [4.78, 5) is 24.3. The number of amides is 1. The number of nitrogens with two attached hydrogens (primary N) is 1. The van der Waals surface area contributed by atoms with E-state index in [9.17, 15) is 18.0 Å². The monoisotopic (exact) mass is 553 g/mol. The van der Waals surface area contributed by atoms with Crippen molar-refractivity contribution in [1.82, 2.24) is 4.98 Å². The van der Waals surface area contributed by atoms with E-state index in [1.54, 1.807) is 60.8 Å². The number of H-pyrrole nitrogens is 1. The van der Waals surface area contributed by atoms with Gasteiger partial charge in [-0.15, -0.1) is 0 Å². The molecule has 4 aromatic rings. The number of primary amides is 1. The van der Waals surface area contributed by atoms with Crippen molar-refractivity contribution in [3.8, 4) is 28.4 Å². The molecule has 0 fully saturated rings. The molecule has 5 N–H and O–H groups in total. The Labute approximate surface area is 225 Å². The maximum atomic E-state index is 13.2. The Morgan fingerprint density at radius 1 is 0.846 bits per heavy atom. The van der Waals surface area contributed by atoms with Gasteiger partial charge in [0.1, 0.15) is 5.69 Å². The molecule has 0 bridgehead atoms. The van der Waals surface area contributed by atoms with Gasteiger partial charge in [0.15, 0.2) is 11.5 Å². The minimum atomic E-state index is -4.05. The van der Waals surface area contributed by atoms with Gasteiger partial charge in [0.2, 0.25) is 11.7 Å². The molecule has 0 unspecified atom stereocenters. The molecule has 204 valence electrons. The zero-order chi connectivity index (χ0) is 28.6. The summed E-state index contributed by atoms with van der Waals surface area (Å²) < 4.78 is 44.7. The minimum Gasteiger partial charge on any atom is -0.493 e. The van der Waals surface area contributed by atoms with Crippen LogP contribution in [0.25, 0.3) is 11.1 Å². The number of anilines is 1. The number of carboxylic acids is 1. The first-order chi connectivity index (χ1) is 18.6. The Hall–Kier alpha value is -4.97. The lowest BCUT2D eigenvalue weighted by atomic mass is 9.98. The fraction of sp³-hybridized carbons (Fsp3) is 0.111. The molecule has 12 heteroatoms. The van der Waals surface area contributed by atoms with Gasteiger partial charge in [-0.25, -0.2) is 13.2 Å². The van der Waals surface area contributed by atoms with Crippen LogP contribution in [-0.2, 0) is 10.0 Å². The number of carbonyl (C=O) groups excluding carboxylic acids is 1. The van der Waals surface area contributed by atoms with Gasteiger partial charge in [0.25, 0.3) is 10.0 Å². The highest BCUT2D eigenvalue weighted by Gasteiger charge is 2.23. The fourth-order valence-corrected chi connectivity index (χ4v) is 4.73. The smallest absolute Gasteiger partial charge is 0.352 e. The summed E-state index contributed by atoms with van der Waals surface area (Å²) in [6, 6.07) is 19.3. The van der Waals surface area contributed by atoms with E-state index < -0.39 is 21.9 Å². The molecule has 0 spiro atoms. The van der Waals surface area contributed by atoms with E-state index in [2.05, 4.69) is 9.71 Å². The fourth-order valence-electron chi connectivity index (χ4n) is 3.62. The molecule has 39 heavy (non-hydrogen) atoms. The third-order valence-corrected chi connectivity index (χ3v) is 6.78. The summed E-state index contributed by atoms with van der Waals surface area (Å²) in [5.74, 6) is -0.850. The van der Waals surface area contributed by atoms with Crippen LogP contribution in [0.3, 0.4) is 0 Å². The molecule has 0 aliphatic carbocycles. The average Bonchev–Trinajstić information content (AvgIpc) is 3.48. The molecule has 0 atom stereocenters. The lowest BCUT2D eigenvalue weighted by Gasteiger charge is -2.17. The number of hydrogen-bond acceptors (Lipinski definition) is 7. The van der Waals surface area contributed by atoms with Crippen LogP contribution in [-0.4, -0.2) is 51.7 Å². The topological polar surface area (TPSA) is 170 Å². The number of para-hydroxylation sites is 1. The van der Waals surface area contributed by atoms with Gasteiger partial charge >= 0.3 is 5.97 Å². The number of rotatable bonds is 9. The molecule has 1 heterocycles. The van der Waals surface area contributed by atoms with E-state index in [0.29, 0.717) is 11.1 Å². The normalized spacial score (nSPS) is 10.5. The lowest BCUT2D eigenvalue weighted by molar-refractivity contribution is 0.0691. The quantitative estimate of drug-likeness (QED) is 0.241. The molecule has 0 saturated heterocycles. The third-order valence-electron chi connectivity index (χ3n) is 5.43. The minimum absolute atomic E-state index is 0.0833. The van der Waals surface area contributed by atoms with Gasteiger partial charge in [0, 0.05) is 29.5 Å². The van der Waals surface area contributed by atoms with E-state index in [0.717, 1.165) is 0 Å². The van der Waals surface area contributed by atoms with Gasteiger partial charge in [-0.1, -0.05) is 36.4 Å². The van der Waals surface area contributed by atoms with Crippen LogP contribution in [0.2, 0.25) is 0 Å². The summed E-state index contributed by atoms with van der Waals surface area (Å²) in [5, 5.41) is 8.24. The summed E-state index contributed by atoms with van der Waals surface area (Å²) >= 11 is 0. The first kappa shape index (κ1) is 28.6. The number of sulfonamides is 1. The van der Waals surface area contributed by atoms with E-state index >= 15 is 0 Å². The number of aromatic amines is 1. The van der Waals surface area contributed by atoms with Crippen molar-refractivity contribution in [1.29, 1.82) is 0 Å². The van der Waals surface area contributed by atoms with Crippen molar-refractivity contribution in [2.24, 2.45) is 5.73 Å².